The minimum atomic E-state index is -1.55. The van der Waals surface area contributed by atoms with E-state index in [0.717, 1.165) is 5.56 Å². The summed E-state index contributed by atoms with van der Waals surface area (Å²) >= 11 is 0. The van der Waals surface area contributed by atoms with Crippen molar-refractivity contribution in [2.24, 2.45) is 11.5 Å². The zero-order valence-corrected chi connectivity index (χ0v) is 11.9. The first-order chi connectivity index (χ1) is 10.4. The number of primary amides is 2. The summed E-state index contributed by atoms with van der Waals surface area (Å²) in [5.41, 5.74) is 10.7. The predicted octanol–water partition coefficient (Wildman–Crippen LogP) is -1.81. The van der Waals surface area contributed by atoms with Gasteiger partial charge in [0.1, 0.15) is 0 Å². The number of carbonyl (C=O) groups is 4. The van der Waals surface area contributed by atoms with E-state index in [1.165, 1.54) is 0 Å². The lowest BCUT2D eigenvalue weighted by atomic mass is 10.1. The summed E-state index contributed by atoms with van der Waals surface area (Å²) in [4.78, 5) is 45.0. The molecule has 8 nitrogen and oxygen atoms in total. The van der Waals surface area contributed by atoms with Crippen LogP contribution in [0.4, 0.5) is 0 Å². The highest BCUT2D eigenvalue weighted by molar-refractivity contribution is 6.05. The lowest BCUT2D eigenvalue weighted by Crippen LogP contribution is -2.52. The van der Waals surface area contributed by atoms with Crippen LogP contribution in [0.1, 0.15) is 12.0 Å². The van der Waals surface area contributed by atoms with Gasteiger partial charge in [0, 0.05) is 13.0 Å². The predicted molar refractivity (Wildman–Crippen MR) is 78.1 cm³/mol. The van der Waals surface area contributed by atoms with Gasteiger partial charge in [-0.3, -0.25) is 19.2 Å². The van der Waals surface area contributed by atoms with Gasteiger partial charge in [-0.25, -0.2) is 0 Å². The molecule has 0 radical (unpaired) electrons. The van der Waals surface area contributed by atoms with Gasteiger partial charge in [0.15, 0.2) is 6.04 Å². The minimum absolute atomic E-state index is 0.0712. The summed E-state index contributed by atoms with van der Waals surface area (Å²) in [6.45, 7) is 0.0712. The zero-order chi connectivity index (χ0) is 16.5. The summed E-state index contributed by atoms with van der Waals surface area (Å²) in [5.74, 6) is -2.91. The Morgan fingerprint density at radius 3 is 2.09 bits per heavy atom. The van der Waals surface area contributed by atoms with Crippen molar-refractivity contribution in [3.63, 3.8) is 0 Å². The second kappa shape index (κ2) is 8.40. The molecule has 1 aromatic rings. The van der Waals surface area contributed by atoms with Crippen LogP contribution in [0.15, 0.2) is 30.3 Å². The largest absolute Gasteiger partial charge is 0.367 e. The molecule has 0 aliphatic heterocycles. The maximum atomic E-state index is 11.6. The Morgan fingerprint density at radius 2 is 1.55 bits per heavy atom. The monoisotopic (exact) mass is 306 g/mol. The van der Waals surface area contributed by atoms with Crippen molar-refractivity contribution in [1.82, 2.24) is 10.6 Å². The zero-order valence-electron chi connectivity index (χ0n) is 11.9. The molecule has 8 heteroatoms. The standard InChI is InChI=1S/C14H18N4O4/c15-13(21)12(14(16)22)18-10(19)6-7-17-11(20)8-9-4-2-1-3-5-9/h1-5,12H,6-8H2,(H2,15,21)(H2,16,22)(H,17,20)(H,18,19). The highest BCUT2D eigenvalue weighted by Crippen LogP contribution is 1.99. The molecule has 118 valence electrons. The topological polar surface area (TPSA) is 144 Å². The van der Waals surface area contributed by atoms with Crippen LogP contribution in [-0.2, 0) is 25.6 Å². The van der Waals surface area contributed by atoms with Crippen molar-refractivity contribution in [2.45, 2.75) is 18.9 Å². The number of carbonyl (C=O) groups excluding carboxylic acids is 4. The normalized spacial score (nSPS) is 10.0. The molecule has 0 spiro atoms. The third kappa shape index (κ3) is 6.04. The highest BCUT2D eigenvalue weighted by atomic mass is 16.2. The maximum absolute atomic E-state index is 11.6. The molecular weight excluding hydrogens is 288 g/mol. The first-order valence-corrected chi connectivity index (χ1v) is 6.58. The molecule has 0 fully saturated rings. The van der Waals surface area contributed by atoms with E-state index in [9.17, 15) is 19.2 Å². The number of hydrogen-bond donors (Lipinski definition) is 4. The van der Waals surface area contributed by atoms with Crippen LogP contribution < -0.4 is 22.1 Å². The minimum Gasteiger partial charge on any atom is -0.367 e. The lowest BCUT2D eigenvalue weighted by molar-refractivity contribution is -0.134. The first-order valence-electron chi connectivity index (χ1n) is 6.58. The summed E-state index contributed by atoms with van der Waals surface area (Å²) < 4.78 is 0. The Bertz CT molecular complexity index is 545. The fourth-order valence-corrected chi connectivity index (χ4v) is 1.67. The van der Waals surface area contributed by atoms with Gasteiger partial charge in [0.2, 0.25) is 23.6 Å². The van der Waals surface area contributed by atoms with Crippen LogP contribution in [0.2, 0.25) is 0 Å². The van der Waals surface area contributed by atoms with E-state index in [-0.39, 0.29) is 25.3 Å². The number of amides is 4. The molecule has 1 rings (SSSR count). The fourth-order valence-electron chi connectivity index (χ4n) is 1.67. The molecule has 0 aromatic heterocycles. The number of benzene rings is 1. The lowest BCUT2D eigenvalue weighted by Gasteiger charge is -2.12. The molecule has 0 atom stereocenters. The first kappa shape index (κ1) is 17.2. The molecule has 0 aliphatic carbocycles. The smallest absolute Gasteiger partial charge is 0.249 e. The quantitative estimate of drug-likeness (QED) is 0.419. The van der Waals surface area contributed by atoms with Crippen LogP contribution >= 0.6 is 0 Å². The third-order valence-corrected chi connectivity index (χ3v) is 2.76. The van der Waals surface area contributed by atoms with Crippen molar-refractivity contribution in [3.8, 4) is 0 Å². The Hall–Kier alpha value is -2.90. The molecule has 0 heterocycles. The Labute approximate surface area is 127 Å². The highest BCUT2D eigenvalue weighted by Gasteiger charge is 2.23. The van der Waals surface area contributed by atoms with Gasteiger partial charge in [-0.2, -0.15) is 0 Å². The summed E-state index contributed by atoms with van der Waals surface area (Å²) in [7, 11) is 0. The Morgan fingerprint density at radius 1 is 0.955 bits per heavy atom. The van der Waals surface area contributed by atoms with Crippen LogP contribution in [-0.4, -0.2) is 36.2 Å². The second-order valence-corrected chi connectivity index (χ2v) is 4.57. The van der Waals surface area contributed by atoms with E-state index in [1.54, 1.807) is 0 Å². The van der Waals surface area contributed by atoms with E-state index in [2.05, 4.69) is 10.6 Å². The van der Waals surface area contributed by atoms with E-state index in [1.807, 2.05) is 30.3 Å². The van der Waals surface area contributed by atoms with Gasteiger partial charge in [-0.1, -0.05) is 30.3 Å². The van der Waals surface area contributed by atoms with Crippen molar-refractivity contribution in [2.75, 3.05) is 6.54 Å². The SMILES string of the molecule is NC(=O)C(NC(=O)CCNC(=O)Cc1ccccc1)C(N)=O. The average Bonchev–Trinajstić information content (AvgIpc) is 2.45. The molecular formula is C14H18N4O4. The van der Waals surface area contributed by atoms with Crippen molar-refractivity contribution in [1.29, 1.82) is 0 Å². The van der Waals surface area contributed by atoms with Gasteiger partial charge < -0.3 is 22.1 Å². The number of nitrogens with two attached hydrogens (primary N) is 2. The third-order valence-electron chi connectivity index (χ3n) is 2.76. The molecule has 0 aliphatic rings. The molecule has 0 saturated heterocycles. The number of rotatable bonds is 8. The summed E-state index contributed by atoms with van der Waals surface area (Å²) in [5, 5.41) is 4.66. The second-order valence-electron chi connectivity index (χ2n) is 4.57. The van der Waals surface area contributed by atoms with Gasteiger partial charge in [-0.05, 0) is 5.56 Å². The molecule has 4 amide bonds. The van der Waals surface area contributed by atoms with E-state index in [0.29, 0.717) is 0 Å². The molecule has 1 aromatic carbocycles. The number of hydrogen-bond acceptors (Lipinski definition) is 4. The van der Waals surface area contributed by atoms with Gasteiger partial charge in [-0.15, -0.1) is 0 Å². The molecule has 22 heavy (non-hydrogen) atoms. The van der Waals surface area contributed by atoms with Gasteiger partial charge in [0.25, 0.3) is 0 Å². The summed E-state index contributed by atoms with van der Waals surface area (Å²) in [6, 6.07) is 7.58. The Kier molecular flexibility index (Phi) is 6.55. The van der Waals surface area contributed by atoms with Crippen LogP contribution in [0.3, 0.4) is 0 Å². The molecule has 0 bridgehead atoms. The van der Waals surface area contributed by atoms with E-state index in [4.69, 9.17) is 11.5 Å². The van der Waals surface area contributed by atoms with Gasteiger partial charge >= 0.3 is 0 Å². The Balaban J connectivity index is 2.31. The van der Waals surface area contributed by atoms with Crippen LogP contribution in [0.25, 0.3) is 0 Å². The summed E-state index contributed by atoms with van der Waals surface area (Å²) in [6.07, 6.45) is 0.102. The van der Waals surface area contributed by atoms with Crippen molar-refractivity contribution < 1.29 is 19.2 Å². The van der Waals surface area contributed by atoms with E-state index < -0.39 is 23.8 Å². The average molecular weight is 306 g/mol. The van der Waals surface area contributed by atoms with Crippen LogP contribution in [0.5, 0.6) is 0 Å². The van der Waals surface area contributed by atoms with Gasteiger partial charge in [0.05, 0.1) is 6.42 Å². The molecule has 0 unspecified atom stereocenters. The van der Waals surface area contributed by atoms with Crippen molar-refractivity contribution in [3.05, 3.63) is 35.9 Å². The molecule has 0 saturated carbocycles. The van der Waals surface area contributed by atoms with Crippen molar-refractivity contribution >= 4 is 23.6 Å². The number of nitrogens with one attached hydrogen (secondary N) is 2. The van der Waals surface area contributed by atoms with Crippen LogP contribution in [0, 0.1) is 0 Å². The maximum Gasteiger partial charge on any atom is 0.249 e. The fraction of sp³-hybridized carbons (Fsp3) is 0.286. The van der Waals surface area contributed by atoms with E-state index >= 15 is 0 Å². The molecule has 6 N–H and O–H groups in total.